The van der Waals surface area contributed by atoms with Gasteiger partial charge in [-0.05, 0) is 54.7 Å². The number of hydrogen-bond donors (Lipinski definition) is 1. The predicted octanol–water partition coefficient (Wildman–Crippen LogP) is 5.43. The molecule has 1 aliphatic rings. The van der Waals surface area contributed by atoms with E-state index in [1.165, 1.54) is 12.0 Å². The highest BCUT2D eigenvalue weighted by Gasteiger charge is 2.28. The number of fused-ring (bicyclic) bond motifs is 1. The van der Waals surface area contributed by atoms with Crippen LogP contribution in [0.1, 0.15) is 32.8 Å². The molecule has 6 heteroatoms. The summed E-state index contributed by atoms with van der Waals surface area (Å²) in [5.41, 5.74) is 3.90. The van der Waals surface area contributed by atoms with E-state index in [9.17, 15) is 4.79 Å². The Morgan fingerprint density at radius 1 is 1.10 bits per heavy atom. The molecule has 0 spiro atoms. The highest BCUT2D eigenvalue weighted by Crippen LogP contribution is 2.39. The van der Waals surface area contributed by atoms with Crippen LogP contribution in [0.4, 0.5) is 10.7 Å². The van der Waals surface area contributed by atoms with Gasteiger partial charge >= 0.3 is 5.97 Å². The van der Waals surface area contributed by atoms with Crippen LogP contribution in [-0.2, 0) is 24.1 Å². The SMILES string of the molecule is COC(=O)c1c(NC(=S)N(Cc2ccccc2)c2ccccc2)sc2c1CCC2. The van der Waals surface area contributed by atoms with E-state index in [4.69, 9.17) is 17.0 Å². The molecule has 0 saturated heterocycles. The van der Waals surface area contributed by atoms with Crippen LogP contribution in [0, 0.1) is 0 Å². The van der Waals surface area contributed by atoms with E-state index >= 15 is 0 Å². The van der Waals surface area contributed by atoms with Gasteiger partial charge in [0, 0.05) is 10.6 Å². The lowest BCUT2D eigenvalue weighted by molar-refractivity contribution is 0.0601. The van der Waals surface area contributed by atoms with Crippen molar-refractivity contribution in [2.45, 2.75) is 25.8 Å². The minimum Gasteiger partial charge on any atom is -0.465 e. The number of rotatable bonds is 5. The largest absolute Gasteiger partial charge is 0.465 e. The molecule has 1 N–H and O–H groups in total. The highest BCUT2D eigenvalue weighted by molar-refractivity contribution is 7.80. The van der Waals surface area contributed by atoms with Gasteiger partial charge in [0.25, 0.3) is 0 Å². The Morgan fingerprint density at radius 3 is 2.48 bits per heavy atom. The van der Waals surface area contributed by atoms with Gasteiger partial charge in [-0.2, -0.15) is 0 Å². The number of aryl methyl sites for hydroxylation is 1. The summed E-state index contributed by atoms with van der Waals surface area (Å²) in [6.45, 7) is 0.634. The maximum atomic E-state index is 12.5. The van der Waals surface area contributed by atoms with Crippen molar-refractivity contribution in [3.8, 4) is 0 Å². The van der Waals surface area contributed by atoms with E-state index in [1.807, 2.05) is 48.5 Å². The Labute approximate surface area is 180 Å². The molecule has 0 bridgehead atoms. The molecule has 0 saturated carbocycles. The topological polar surface area (TPSA) is 41.6 Å². The number of carbonyl (C=O) groups is 1. The van der Waals surface area contributed by atoms with Gasteiger partial charge in [0.05, 0.1) is 19.2 Å². The summed E-state index contributed by atoms with van der Waals surface area (Å²) in [6.07, 6.45) is 3.00. The lowest BCUT2D eigenvalue weighted by Crippen LogP contribution is -2.34. The van der Waals surface area contributed by atoms with Gasteiger partial charge in [0.2, 0.25) is 0 Å². The van der Waals surface area contributed by atoms with Crippen molar-refractivity contribution in [2.75, 3.05) is 17.3 Å². The van der Waals surface area contributed by atoms with Crippen molar-refractivity contribution in [1.29, 1.82) is 0 Å². The Kier molecular flexibility index (Phi) is 5.92. The number of methoxy groups -OCH3 is 1. The molecule has 0 radical (unpaired) electrons. The van der Waals surface area contributed by atoms with Crippen molar-refractivity contribution >= 4 is 45.3 Å². The number of esters is 1. The maximum Gasteiger partial charge on any atom is 0.341 e. The first-order valence-electron chi connectivity index (χ1n) is 9.57. The molecule has 3 aromatic rings. The summed E-state index contributed by atoms with van der Waals surface area (Å²) in [6, 6.07) is 20.3. The van der Waals surface area contributed by atoms with Crippen molar-refractivity contribution in [3.05, 3.63) is 82.2 Å². The van der Waals surface area contributed by atoms with Gasteiger partial charge in [-0.25, -0.2) is 4.79 Å². The molecule has 1 aliphatic carbocycles. The smallest absolute Gasteiger partial charge is 0.341 e. The summed E-state index contributed by atoms with van der Waals surface area (Å²) in [5, 5.41) is 4.69. The average Bonchev–Trinajstić information content (AvgIpc) is 3.33. The second kappa shape index (κ2) is 8.76. The summed E-state index contributed by atoms with van der Waals surface area (Å²) >= 11 is 7.41. The van der Waals surface area contributed by atoms with Crippen LogP contribution >= 0.6 is 23.6 Å². The first kappa shape index (κ1) is 19.6. The zero-order chi connectivity index (χ0) is 20.2. The summed E-state index contributed by atoms with van der Waals surface area (Å²) in [7, 11) is 1.43. The van der Waals surface area contributed by atoms with Crippen LogP contribution in [-0.4, -0.2) is 18.2 Å². The maximum absolute atomic E-state index is 12.5. The fraction of sp³-hybridized carbons (Fsp3) is 0.217. The predicted molar refractivity (Wildman–Crippen MR) is 123 cm³/mol. The Hall–Kier alpha value is -2.70. The number of ether oxygens (including phenoxy) is 1. The van der Waals surface area contributed by atoms with Crippen LogP contribution in [0.15, 0.2) is 60.7 Å². The van der Waals surface area contributed by atoms with E-state index in [0.717, 1.165) is 41.1 Å². The molecule has 0 fully saturated rings. The number of hydrogen-bond acceptors (Lipinski definition) is 4. The second-order valence-electron chi connectivity index (χ2n) is 6.89. The lowest BCUT2D eigenvalue weighted by atomic mass is 10.1. The van der Waals surface area contributed by atoms with Crippen LogP contribution in [0.3, 0.4) is 0 Å². The summed E-state index contributed by atoms with van der Waals surface area (Å²) in [4.78, 5) is 15.8. The molecule has 1 heterocycles. The number of nitrogens with zero attached hydrogens (tertiary/aromatic N) is 1. The average molecular weight is 423 g/mol. The Balaban J connectivity index is 1.65. The molecular formula is C23H22N2O2S2. The van der Waals surface area contributed by atoms with Gasteiger partial charge in [0.15, 0.2) is 5.11 Å². The molecule has 2 aromatic carbocycles. The molecule has 0 atom stereocenters. The number of thiocarbonyl (C=S) groups is 1. The molecule has 0 unspecified atom stereocenters. The highest BCUT2D eigenvalue weighted by atomic mass is 32.1. The Bertz CT molecular complexity index is 1020. The third kappa shape index (κ3) is 4.18. The van der Waals surface area contributed by atoms with Crippen molar-refractivity contribution in [2.24, 2.45) is 0 Å². The number of anilines is 2. The van der Waals surface area contributed by atoms with Crippen LogP contribution in [0.5, 0.6) is 0 Å². The van der Waals surface area contributed by atoms with Crippen LogP contribution in [0.2, 0.25) is 0 Å². The summed E-state index contributed by atoms with van der Waals surface area (Å²) in [5.74, 6) is -0.302. The van der Waals surface area contributed by atoms with E-state index in [0.29, 0.717) is 17.2 Å². The second-order valence-corrected chi connectivity index (χ2v) is 8.38. The quantitative estimate of drug-likeness (QED) is 0.439. The molecule has 0 aliphatic heterocycles. The fourth-order valence-electron chi connectivity index (χ4n) is 3.63. The first-order chi connectivity index (χ1) is 14.2. The zero-order valence-corrected chi connectivity index (χ0v) is 17.8. The fourth-order valence-corrected chi connectivity index (χ4v) is 5.24. The van der Waals surface area contributed by atoms with Gasteiger partial charge in [-0.15, -0.1) is 11.3 Å². The van der Waals surface area contributed by atoms with Crippen molar-refractivity contribution in [1.82, 2.24) is 0 Å². The number of para-hydroxylation sites is 1. The Morgan fingerprint density at radius 2 is 1.79 bits per heavy atom. The minimum atomic E-state index is -0.302. The van der Waals surface area contributed by atoms with Gasteiger partial charge in [-0.1, -0.05) is 48.5 Å². The molecule has 29 heavy (non-hydrogen) atoms. The van der Waals surface area contributed by atoms with Gasteiger partial charge < -0.3 is 15.0 Å². The molecule has 0 amide bonds. The first-order valence-corrected chi connectivity index (χ1v) is 10.8. The van der Waals surface area contributed by atoms with Crippen molar-refractivity contribution in [3.63, 3.8) is 0 Å². The van der Waals surface area contributed by atoms with E-state index in [1.54, 1.807) is 11.3 Å². The van der Waals surface area contributed by atoms with Gasteiger partial charge in [-0.3, -0.25) is 0 Å². The van der Waals surface area contributed by atoms with Crippen LogP contribution < -0.4 is 10.2 Å². The van der Waals surface area contributed by atoms with Crippen molar-refractivity contribution < 1.29 is 9.53 Å². The third-order valence-electron chi connectivity index (χ3n) is 5.03. The molecule has 4 nitrogen and oxygen atoms in total. The molecular weight excluding hydrogens is 400 g/mol. The normalized spacial score (nSPS) is 12.3. The monoisotopic (exact) mass is 422 g/mol. The minimum absolute atomic E-state index is 0.302. The van der Waals surface area contributed by atoms with E-state index in [2.05, 4.69) is 22.3 Å². The van der Waals surface area contributed by atoms with E-state index < -0.39 is 0 Å². The van der Waals surface area contributed by atoms with Crippen LogP contribution in [0.25, 0.3) is 0 Å². The third-order valence-corrected chi connectivity index (χ3v) is 6.56. The standard InChI is InChI=1S/C23H22N2O2S2/c1-27-22(26)20-18-13-8-14-19(18)29-21(20)24-23(28)25(17-11-6-3-7-12-17)15-16-9-4-2-5-10-16/h2-7,9-12H,8,13-15H2,1H3,(H,24,28). The molecule has 148 valence electrons. The number of thiophene rings is 1. The number of benzene rings is 2. The number of carbonyl (C=O) groups excluding carboxylic acids is 1. The molecule has 4 rings (SSSR count). The summed E-state index contributed by atoms with van der Waals surface area (Å²) < 4.78 is 5.05. The lowest BCUT2D eigenvalue weighted by Gasteiger charge is -2.26. The zero-order valence-electron chi connectivity index (χ0n) is 16.2. The number of nitrogens with one attached hydrogen (secondary N) is 1. The van der Waals surface area contributed by atoms with E-state index in [-0.39, 0.29) is 5.97 Å². The molecule has 1 aromatic heterocycles. The van der Waals surface area contributed by atoms with Gasteiger partial charge in [0.1, 0.15) is 5.00 Å².